The minimum Gasteiger partial charge on any atom is -0.378 e. The normalized spacial score (nSPS) is 22.2. The summed E-state index contributed by atoms with van der Waals surface area (Å²) in [5, 5.41) is 5.16. The van der Waals surface area contributed by atoms with Crippen LogP contribution in [0.2, 0.25) is 0 Å². The van der Waals surface area contributed by atoms with Gasteiger partial charge in [0.2, 0.25) is 10.0 Å². The Morgan fingerprint density at radius 2 is 1.94 bits per heavy atom. The van der Waals surface area contributed by atoms with E-state index in [-0.39, 0.29) is 17.3 Å². The van der Waals surface area contributed by atoms with Gasteiger partial charge in [-0.25, -0.2) is 13.6 Å². The van der Waals surface area contributed by atoms with Crippen LogP contribution >= 0.6 is 0 Å². The quantitative estimate of drug-likeness (QED) is 0.778. The fourth-order valence-electron chi connectivity index (χ4n) is 2.32. The summed E-state index contributed by atoms with van der Waals surface area (Å²) in [5.74, 6) is 0.0659. The van der Waals surface area contributed by atoms with Crippen LogP contribution in [-0.2, 0) is 14.8 Å². The van der Waals surface area contributed by atoms with Gasteiger partial charge >= 0.3 is 0 Å². The molecule has 4 nitrogen and oxygen atoms in total. The Kier molecular flexibility index (Phi) is 4.76. The molecule has 1 aliphatic rings. The molecule has 0 aromatic heterocycles. The van der Waals surface area contributed by atoms with Gasteiger partial charge in [0, 0.05) is 5.41 Å². The minimum atomic E-state index is -3.40. The molecule has 0 aromatic rings. The van der Waals surface area contributed by atoms with Gasteiger partial charge in [0.25, 0.3) is 0 Å². The smallest absolute Gasteiger partial charge is 0.209 e. The largest absolute Gasteiger partial charge is 0.378 e. The molecule has 1 atom stereocenters. The van der Waals surface area contributed by atoms with Crippen molar-refractivity contribution in [2.24, 2.45) is 10.6 Å². The third-order valence-electron chi connectivity index (χ3n) is 3.42. The predicted octanol–water partition coefficient (Wildman–Crippen LogP) is 1.65. The van der Waals surface area contributed by atoms with E-state index in [0.717, 1.165) is 32.1 Å². The van der Waals surface area contributed by atoms with Crippen LogP contribution < -0.4 is 5.14 Å². The summed E-state index contributed by atoms with van der Waals surface area (Å²) in [4.78, 5) is 0. The van der Waals surface area contributed by atoms with Gasteiger partial charge in [-0.1, -0.05) is 19.8 Å². The molecule has 0 bridgehead atoms. The summed E-state index contributed by atoms with van der Waals surface area (Å²) in [6.07, 6.45) is 5.14. The number of primary sulfonamides is 1. The third kappa shape index (κ3) is 4.39. The second-order valence-electron chi connectivity index (χ2n) is 5.04. The van der Waals surface area contributed by atoms with E-state index in [1.807, 2.05) is 6.92 Å². The number of rotatable bonds is 6. The monoisotopic (exact) mass is 249 g/mol. The van der Waals surface area contributed by atoms with Gasteiger partial charge in [0.1, 0.15) is 0 Å². The van der Waals surface area contributed by atoms with Crippen LogP contribution in [0, 0.1) is 5.41 Å². The van der Waals surface area contributed by atoms with Crippen molar-refractivity contribution in [2.45, 2.75) is 52.1 Å². The van der Waals surface area contributed by atoms with Gasteiger partial charge in [-0.2, -0.15) is 0 Å². The predicted molar refractivity (Wildman–Crippen MR) is 64.6 cm³/mol. The average molecular weight is 249 g/mol. The van der Waals surface area contributed by atoms with Crippen molar-refractivity contribution in [2.75, 3.05) is 12.4 Å². The lowest BCUT2D eigenvalue weighted by Crippen LogP contribution is -2.36. The Hall–Kier alpha value is -0.130. The summed E-state index contributed by atoms with van der Waals surface area (Å²) in [6.45, 7) is 4.60. The summed E-state index contributed by atoms with van der Waals surface area (Å²) < 4.78 is 28.2. The molecule has 0 radical (unpaired) electrons. The second-order valence-corrected chi connectivity index (χ2v) is 6.66. The summed E-state index contributed by atoms with van der Waals surface area (Å²) in [7, 11) is -3.40. The summed E-state index contributed by atoms with van der Waals surface area (Å²) in [5.41, 5.74) is -0.225. The molecule has 16 heavy (non-hydrogen) atoms. The Morgan fingerprint density at radius 1 is 1.38 bits per heavy atom. The number of sulfonamides is 1. The van der Waals surface area contributed by atoms with Crippen LogP contribution in [0.25, 0.3) is 0 Å². The first-order valence-corrected chi connectivity index (χ1v) is 7.70. The van der Waals surface area contributed by atoms with E-state index in [2.05, 4.69) is 6.92 Å². The maximum atomic E-state index is 11.2. The fourth-order valence-corrected chi connectivity index (χ4v) is 3.54. The first kappa shape index (κ1) is 13.9. The molecular weight excluding hydrogens is 226 g/mol. The van der Waals surface area contributed by atoms with Crippen molar-refractivity contribution in [1.82, 2.24) is 0 Å². The molecule has 96 valence electrons. The molecule has 0 spiro atoms. The van der Waals surface area contributed by atoms with E-state index in [0.29, 0.717) is 6.61 Å². The average Bonchev–Trinajstić information content (AvgIpc) is 2.60. The highest BCUT2D eigenvalue weighted by Gasteiger charge is 2.37. The zero-order valence-electron chi connectivity index (χ0n) is 10.2. The van der Waals surface area contributed by atoms with Gasteiger partial charge in [0.15, 0.2) is 0 Å². The number of nitrogens with two attached hydrogens (primary N) is 1. The highest BCUT2D eigenvalue weighted by atomic mass is 32.2. The Labute approximate surface area is 98.6 Å². The first-order chi connectivity index (χ1) is 7.37. The molecule has 0 saturated heterocycles. The topological polar surface area (TPSA) is 69.4 Å². The molecule has 1 unspecified atom stereocenters. The van der Waals surface area contributed by atoms with Crippen LogP contribution in [0.3, 0.4) is 0 Å². The Morgan fingerprint density at radius 3 is 2.38 bits per heavy atom. The van der Waals surface area contributed by atoms with Crippen LogP contribution in [0.5, 0.6) is 0 Å². The van der Waals surface area contributed by atoms with E-state index in [4.69, 9.17) is 9.88 Å². The van der Waals surface area contributed by atoms with Crippen molar-refractivity contribution in [3.05, 3.63) is 0 Å². The van der Waals surface area contributed by atoms with Crippen molar-refractivity contribution in [3.8, 4) is 0 Å². The molecule has 2 N–H and O–H groups in total. The van der Waals surface area contributed by atoms with Gasteiger partial charge in [-0.3, -0.25) is 0 Å². The Balaban J connectivity index is 2.59. The molecule has 1 rings (SSSR count). The molecule has 0 heterocycles. The van der Waals surface area contributed by atoms with Crippen LogP contribution in [0.1, 0.15) is 46.0 Å². The fraction of sp³-hybridized carbons (Fsp3) is 1.00. The highest BCUT2D eigenvalue weighted by molar-refractivity contribution is 7.89. The van der Waals surface area contributed by atoms with E-state index >= 15 is 0 Å². The molecule has 1 saturated carbocycles. The number of hydrogen-bond donors (Lipinski definition) is 1. The lowest BCUT2D eigenvalue weighted by molar-refractivity contribution is 0.00759. The zero-order chi connectivity index (χ0) is 12.2. The maximum absolute atomic E-state index is 11.2. The van der Waals surface area contributed by atoms with Gasteiger partial charge in [-0.05, 0) is 26.2 Å². The number of hydrogen-bond acceptors (Lipinski definition) is 3. The molecular formula is C11H23NO3S. The van der Waals surface area contributed by atoms with Crippen LogP contribution in [0.4, 0.5) is 0 Å². The molecule has 0 amide bonds. The Bertz CT molecular complexity index is 307. The van der Waals surface area contributed by atoms with Crippen LogP contribution in [0.15, 0.2) is 0 Å². The van der Waals surface area contributed by atoms with Crippen molar-refractivity contribution >= 4 is 10.0 Å². The molecule has 0 aromatic carbocycles. The zero-order valence-corrected chi connectivity index (χ0v) is 11.1. The summed E-state index contributed by atoms with van der Waals surface area (Å²) >= 11 is 0. The van der Waals surface area contributed by atoms with Crippen molar-refractivity contribution < 1.29 is 13.2 Å². The first-order valence-electron chi connectivity index (χ1n) is 5.99. The van der Waals surface area contributed by atoms with E-state index in [1.54, 1.807) is 0 Å². The van der Waals surface area contributed by atoms with E-state index in [9.17, 15) is 8.42 Å². The van der Waals surface area contributed by atoms with Crippen LogP contribution in [-0.4, -0.2) is 26.9 Å². The molecule has 1 fully saturated rings. The minimum absolute atomic E-state index is 0.0659. The molecule has 0 aliphatic heterocycles. The maximum Gasteiger partial charge on any atom is 0.209 e. The lowest BCUT2D eigenvalue weighted by atomic mass is 9.90. The van der Waals surface area contributed by atoms with Crippen molar-refractivity contribution in [3.63, 3.8) is 0 Å². The van der Waals surface area contributed by atoms with Gasteiger partial charge < -0.3 is 4.74 Å². The standard InChI is InChI=1S/C11H23NO3S/c1-3-10(2)15-8-11(6-4-5-7-11)9-16(12,13)14/h10H,3-9H2,1-2H3,(H2,12,13,14). The molecule has 5 heteroatoms. The SMILES string of the molecule is CCC(C)OCC1(CS(N)(=O)=O)CCCC1. The van der Waals surface area contributed by atoms with Gasteiger partial charge in [0.05, 0.1) is 18.5 Å². The lowest BCUT2D eigenvalue weighted by Gasteiger charge is -2.29. The number of ether oxygens (including phenoxy) is 1. The van der Waals surface area contributed by atoms with E-state index in [1.165, 1.54) is 0 Å². The molecule has 1 aliphatic carbocycles. The van der Waals surface area contributed by atoms with Gasteiger partial charge in [-0.15, -0.1) is 0 Å². The van der Waals surface area contributed by atoms with E-state index < -0.39 is 10.0 Å². The highest BCUT2D eigenvalue weighted by Crippen LogP contribution is 2.39. The third-order valence-corrected chi connectivity index (χ3v) is 4.44. The second kappa shape index (κ2) is 5.47. The summed E-state index contributed by atoms with van der Waals surface area (Å²) in [6, 6.07) is 0. The van der Waals surface area contributed by atoms with Crippen molar-refractivity contribution in [1.29, 1.82) is 0 Å².